The first-order chi connectivity index (χ1) is 11.6. The number of carbonyl (C=O) groups is 1. The van der Waals surface area contributed by atoms with Crippen LogP contribution in [-0.4, -0.2) is 60.0 Å². The maximum Gasteiger partial charge on any atom is 0.227 e. The monoisotopic (exact) mass is 331 g/mol. The summed E-state index contributed by atoms with van der Waals surface area (Å²) in [6.07, 6.45) is 5.68. The van der Waals surface area contributed by atoms with Crippen LogP contribution in [0.3, 0.4) is 0 Å². The van der Waals surface area contributed by atoms with Crippen molar-refractivity contribution in [1.82, 2.24) is 14.9 Å². The number of anilines is 2. The van der Waals surface area contributed by atoms with Crippen LogP contribution >= 0.6 is 0 Å². The smallest absolute Gasteiger partial charge is 0.227 e. The van der Waals surface area contributed by atoms with E-state index < -0.39 is 0 Å². The third kappa shape index (κ3) is 3.62. The molecule has 132 valence electrons. The van der Waals surface area contributed by atoms with E-state index in [2.05, 4.69) is 22.8 Å². The van der Waals surface area contributed by atoms with Crippen molar-refractivity contribution in [1.29, 1.82) is 0 Å². The van der Waals surface area contributed by atoms with Crippen molar-refractivity contribution in [2.45, 2.75) is 52.0 Å². The Balaban J connectivity index is 1.79. The molecule has 0 aliphatic carbocycles. The molecular weight excluding hydrogens is 302 g/mol. The SMILES string of the molecule is CCc1cc(N2CC[C@@H](N(C)C(C)=O)C2)nc(N2CCCCC2)n1. The fourth-order valence-electron chi connectivity index (χ4n) is 3.57. The summed E-state index contributed by atoms with van der Waals surface area (Å²) in [4.78, 5) is 27.7. The van der Waals surface area contributed by atoms with Crippen LogP contribution in [0, 0.1) is 0 Å². The van der Waals surface area contributed by atoms with E-state index in [-0.39, 0.29) is 11.9 Å². The molecule has 1 amide bonds. The Morgan fingerprint density at radius 2 is 1.96 bits per heavy atom. The van der Waals surface area contributed by atoms with E-state index in [0.29, 0.717) is 0 Å². The van der Waals surface area contributed by atoms with Gasteiger partial charge in [-0.2, -0.15) is 4.98 Å². The van der Waals surface area contributed by atoms with E-state index in [0.717, 1.165) is 56.5 Å². The topological polar surface area (TPSA) is 52.6 Å². The molecule has 1 aromatic rings. The van der Waals surface area contributed by atoms with Crippen LogP contribution in [-0.2, 0) is 11.2 Å². The fourth-order valence-corrected chi connectivity index (χ4v) is 3.57. The predicted molar refractivity (Wildman–Crippen MR) is 96.5 cm³/mol. The fraction of sp³-hybridized carbons (Fsp3) is 0.722. The van der Waals surface area contributed by atoms with Crippen LogP contribution in [0.2, 0.25) is 0 Å². The van der Waals surface area contributed by atoms with Crippen LogP contribution in [0.1, 0.15) is 45.2 Å². The number of aryl methyl sites for hydroxylation is 1. The molecule has 3 heterocycles. The molecule has 3 rings (SSSR count). The van der Waals surface area contributed by atoms with Crippen molar-refractivity contribution >= 4 is 17.7 Å². The van der Waals surface area contributed by atoms with Gasteiger partial charge in [-0.05, 0) is 32.1 Å². The molecule has 0 unspecified atom stereocenters. The number of hydrogen-bond acceptors (Lipinski definition) is 5. The second-order valence-electron chi connectivity index (χ2n) is 6.94. The maximum absolute atomic E-state index is 11.6. The predicted octanol–water partition coefficient (Wildman–Crippen LogP) is 2.09. The highest BCUT2D eigenvalue weighted by Gasteiger charge is 2.28. The van der Waals surface area contributed by atoms with Crippen LogP contribution in [0.5, 0.6) is 0 Å². The second kappa shape index (κ2) is 7.36. The van der Waals surface area contributed by atoms with Crippen LogP contribution < -0.4 is 9.80 Å². The lowest BCUT2D eigenvalue weighted by molar-refractivity contribution is -0.129. The lowest BCUT2D eigenvalue weighted by atomic mass is 10.1. The van der Waals surface area contributed by atoms with Gasteiger partial charge in [0.15, 0.2) is 0 Å². The highest BCUT2D eigenvalue weighted by Crippen LogP contribution is 2.25. The first-order valence-corrected chi connectivity index (χ1v) is 9.19. The number of hydrogen-bond donors (Lipinski definition) is 0. The highest BCUT2D eigenvalue weighted by molar-refractivity contribution is 5.73. The zero-order chi connectivity index (χ0) is 17.1. The van der Waals surface area contributed by atoms with Gasteiger partial charge < -0.3 is 14.7 Å². The first-order valence-electron chi connectivity index (χ1n) is 9.19. The van der Waals surface area contributed by atoms with Gasteiger partial charge in [0.25, 0.3) is 0 Å². The van der Waals surface area contributed by atoms with E-state index in [1.165, 1.54) is 19.3 Å². The number of carbonyl (C=O) groups excluding carboxylic acids is 1. The molecule has 0 spiro atoms. The molecule has 0 saturated carbocycles. The largest absolute Gasteiger partial charge is 0.354 e. The Bertz CT molecular complexity index is 585. The Labute approximate surface area is 144 Å². The molecule has 0 radical (unpaired) electrons. The third-order valence-corrected chi connectivity index (χ3v) is 5.29. The summed E-state index contributed by atoms with van der Waals surface area (Å²) in [5.41, 5.74) is 1.10. The summed E-state index contributed by atoms with van der Waals surface area (Å²) in [5, 5.41) is 0. The second-order valence-corrected chi connectivity index (χ2v) is 6.94. The van der Waals surface area contributed by atoms with Gasteiger partial charge in [-0.25, -0.2) is 4.98 Å². The molecule has 1 aromatic heterocycles. The van der Waals surface area contributed by atoms with Crippen LogP contribution in [0.4, 0.5) is 11.8 Å². The van der Waals surface area contributed by atoms with Crippen molar-refractivity contribution in [3.05, 3.63) is 11.8 Å². The molecule has 6 nitrogen and oxygen atoms in total. The van der Waals surface area contributed by atoms with Gasteiger partial charge in [-0.3, -0.25) is 4.79 Å². The van der Waals surface area contributed by atoms with Crippen molar-refractivity contribution in [3.63, 3.8) is 0 Å². The van der Waals surface area contributed by atoms with E-state index in [1.54, 1.807) is 6.92 Å². The molecule has 2 aliphatic rings. The molecule has 24 heavy (non-hydrogen) atoms. The summed E-state index contributed by atoms with van der Waals surface area (Å²) >= 11 is 0. The van der Waals surface area contributed by atoms with E-state index in [9.17, 15) is 4.79 Å². The molecule has 2 saturated heterocycles. The minimum absolute atomic E-state index is 0.132. The van der Waals surface area contributed by atoms with Crippen molar-refractivity contribution in [3.8, 4) is 0 Å². The molecule has 0 aromatic carbocycles. The van der Waals surface area contributed by atoms with Gasteiger partial charge in [0, 0.05) is 51.9 Å². The normalized spacial score (nSPS) is 21.2. The van der Waals surface area contributed by atoms with Crippen molar-refractivity contribution in [2.75, 3.05) is 43.0 Å². The zero-order valence-electron chi connectivity index (χ0n) is 15.2. The van der Waals surface area contributed by atoms with Crippen molar-refractivity contribution in [2.24, 2.45) is 0 Å². The lowest BCUT2D eigenvalue weighted by Crippen LogP contribution is -2.38. The van der Waals surface area contributed by atoms with Gasteiger partial charge in [0.1, 0.15) is 5.82 Å². The summed E-state index contributed by atoms with van der Waals surface area (Å²) in [6.45, 7) is 7.70. The third-order valence-electron chi connectivity index (χ3n) is 5.29. The Morgan fingerprint density at radius 3 is 2.62 bits per heavy atom. The maximum atomic E-state index is 11.6. The van der Waals surface area contributed by atoms with E-state index in [1.807, 2.05) is 11.9 Å². The molecular formula is C18H29N5O. The number of piperidine rings is 1. The van der Waals surface area contributed by atoms with Gasteiger partial charge in [0.2, 0.25) is 11.9 Å². The number of nitrogens with zero attached hydrogens (tertiary/aromatic N) is 5. The van der Waals surface area contributed by atoms with Gasteiger partial charge in [-0.1, -0.05) is 6.92 Å². The number of amides is 1. The molecule has 6 heteroatoms. The van der Waals surface area contributed by atoms with Gasteiger partial charge >= 0.3 is 0 Å². The summed E-state index contributed by atoms with van der Waals surface area (Å²) in [5.74, 6) is 2.03. The first kappa shape index (κ1) is 17.0. The zero-order valence-corrected chi connectivity index (χ0v) is 15.2. The summed E-state index contributed by atoms with van der Waals surface area (Å²) in [6, 6.07) is 2.39. The molecule has 2 fully saturated rings. The highest BCUT2D eigenvalue weighted by atomic mass is 16.2. The minimum Gasteiger partial charge on any atom is -0.354 e. The number of aromatic nitrogens is 2. The van der Waals surface area contributed by atoms with Crippen molar-refractivity contribution < 1.29 is 4.79 Å². The van der Waals surface area contributed by atoms with E-state index >= 15 is 0 Å². The van der Waals surface area contributed by atoms with Gasteiger partial charge in [-0.15, -0.1) is 0 Å². The van der Waals surface area contributed by atoms with Gasteiger partial charge in [0.05, 0.1) is 6.04 Å². The summed E-state index contributed by atoms with van der Waals surface area (Å²) in [7, 11) is 1.90. The molecule has 2 aliphatic heterocycles. The minimum atomic E-state index is 0.132. The van der Waals surface area contributed by atoms with E-state index in [4.69, 9.17) is 9.97 Å². The average molecular weight is 331 g/mol. The number of likely N-dealkylation sites (N-methyl/N-ethyl adjacent to an activating group) is 1. The number of rotatable bonds is 4. The van der Waals surface area contributed by atoms with Crippen LogP contribution in [0.15, 0.2) is 6.07 Å². The Morgan fingerprint density at radius 1 is 1.21 bits per heavy atom. The molecule has 0 bridgehead atoms. The van der Waals surface area contributed by atoms with Crippen LogP contribution in [0.25, 0.3) is 0 Å². The summed E-state index contributed by atoms with van der Waals surface area (Å²) < 4.78 is 0. The standard InChI is InChI=1S/C18H29N5O/c1-4-15-12-17(20-18(19-15)22-9-6-5-7-10-22)23-11-8-16(13-23)21(3)14(2)24/h12,16H,4-11,13H2,1-3H3/t16-/m1/s1. The molecule has 0 N–H and O–H groups in total. The average Bonchev–Trinajstić information content (AvgIpc) is 3.11. The Hall–Kier alpha value is -1.85. The Kier molecular flexibility index (Phi) is 5.21. The quantitative estimate of drug-likeness (QED) is 0.845. The lowest BCUT2D eigenvalue weighted by Gasteiger charge is -2.28. The molecule has 1 atom stereocenters.